The minimum absolute atomic E-state index is 0.149. The molecule has 2 rings (SSSR count). The summed E-state index contributed by atoms with van der Waals surface area (Å²) in [5.41, 5.74) is 0.298. The van der Waals surface area contributed by atoms with Crippen molar-refractivity contribution in [2.45, 2.75) is 108 Å². The summed E-state index contributed by atoms with van der Waals surface area (Å²) in [4.78, 5) is 0. The van der Waals surface area contributed by atoms with Crippen molar-refractivity contribution in [3.8, 4) is 0 Å². The van der Waals surface area contributed by atoms with Gasteiger partial charge >= 0.3 is 200 Å². The first-order valence-electron chi connectivity index (χ1n) is 13.2. The summed E-state index contributed by atoms with van der Waals surface area (Å²) >= 11 is -3.26. The van der Waals surface area contributed by atoms with E-state index in [1.807, 2.05) is 0 Å². The number of nitrogens with zero attached hydrogens (tertiary/aromatic N) is 6. The molecule has 0 bridgehead atoms. The third-order valence-electron chi connectivity index (χ3n) is 8.36. The molecule has 0 aromatic carbocycles. The predicted molar refractivity (Wildman–Crippen MR) is 129 cm³/mol. The molecule has 0 atom stereocenters. The van der Waals surface area contributed by atoms with Gasteiger partial charge in [-0.25, -0.2) is 0 Å². The second-order valence-corrected chi connectivity index (χ2v) is 24.6. The number of hydrogen-bond donors (Lipinski definition) is 0. The Hall–Kier alpha value is 0.448. The van der Waals surface area contributed by atoms with E-state index < -0.39 is 17.1 Å². The topological polar surface area (TPSA) is 6.48 Å². The van der Waals surface area contributed by atoms with Crippen molar-refractivity contribution in [1.82, 2.24) is 10.2 Å². The van der Waals surface area contributed by atoms with Crippen molar-refractivity contribution in [2.75, 3.05) is 52.4 Å². The van der Waals surface area contributed by atoms with Crippen molar-refractivity contribution in [3.63, 3.8) is 0 Å². The molecule has 0 amide bonds. The predicted octanol–water partition coefficient (Wildman–Crippen LogP) is 5.11. The van der Waals surface area contributed by atoms with E-state index in [-0.39, 0.29) is 11.1 Å². The van der Waals surface area contributed by atoms with Gasteiger partial charge in [-0.15, -0.1) is 0 Å². The molecule has 6 nitrogen and oxygen atoms in total. The fourth-order valence-corrected chi connectivity index (χ4v) is 38.2. The molecule has 7 heteroatoms. The molecule has 0 radical (unpaired) electrons. The summed E-state index contributed by atoms with van der Waals surface area (Å²) in [6, 6.07) is 0. The van der Waals surface area contributed by atoms with Crippen LogP contribution in [0.3, 0.4) is 0 Å². The van der Waals surface area contributed by atoms with E-state index in [4.69, 9.17) is 0 Å². The van der Waals surface area contributed by atoms with Crippen LogP contribution in [0.2, 0.25) is 0 Å². The molecular formula is C24H58N6W+4. The SMILES string of the molecule is CC[N+]1(CC)N(C(C)(C)C)[N+](CC)(CC)[W]12[N+](CC)(CC)N(C(C)(C)C)[N+]2(CC)CC. The van der Waals surface area contributed by atoms with E-state index >= 15 is 0 Å². The zero-order valence-corrected chi connectivity index (χ0v) is 26.7. The quantitative estimate of drug-likeness (QED) is 0.375. The van der Waals surface area contributed by atoms with Gasteiger partial charge in [0.1, 0.15) is 0 Å². The standard InChI is InChI=1S/2C12H29N3.W/c2*1-8-13(9-2)15(12(5,6)7)14(10-3)11-4;/h2*8-11H2,1-7H3;/q;;+4. The molecule has 2 saturated heterocycles. The van der Waals surface area contributed by atoms with Crippen molar-refractivity contribution < 1.29 is 29.7 Å². The molecule has 31 heavy (non-hydrogen) atoms. The molecule has 2 aliphatic heterocycles. The summed E-state index contributed by atoms with van der Waals surface area (Å²) in [5.74, 6) is 0. The van der Waals surface area contributed by atoms with Crippen molar-refractivity contribution in [3.05, 3.63) is 0 Å². The normalized spacial score (nSPS) is 27.5. The van der Waals surface area contributed by atoms with E-state index in [2.05, 4.69) is 107 Å². The van der Waals surface area contributed by atoms with Crippen LogP contribution in [0.1, 0.15) is 96.9 Å². The summed E-state index contributed by atoms with van der Waals surface area (Å²) in [6.07, 6.45) is 0. The van der Waals surface area contributed by atoms with E-state index in [1.165, 1.54) is 65.0 Å². The van der Waals surface area contributed by atoms with Gasteiger partial charge in [-0.1, -0.05) is 0 Å². The molecule has 2 fully saturated rings. The van der Waals surface area contributed by atoms with Gasteiger partial charge in [0.25, 0.3) is 0 Å². The van der Waals surface area contributed by atoms with Gasteiger partial charge < -0.3 is 0 Å². The van der Waals surface area contributed by atoms with Crippen LogP contribution in [-0.2, 0) is 17.1 Å². The number of rotatable bonds is 8. The molecule has 0 aromatic rings. The third-order valence-corrected chi connectivity index (χ3v) is 31.1. The molecule has 1 spiro atoms. The fourth-order valence-electron chi connectivity index (χ4n) is 8.19. The van der Waals surface area contributed by atoms with Gasteiger partial charge in [0.2, 0.25) is 0 Å². The molecule has 0 saturated carbocycles. The van der Waals surface area contributed by atoms with Crippen LogP contribution >= 0.6 is 0 Å². The van der Waals surface area contributed by atoms with E-state index in [9.17, 15) is 0 Å². The van der Waals surface area contributed by atoms with Crippen LogP contribution in [0, 0.1) is 0 Å². The molecular weight excluding hydrogens is 556 g/mol. The maximum absolute atomic E-state index is 3.26. The maximum atomic E-state index is 3.00. The average molecular weight is 615 g/mol. The first-order valence-corrected chi connectivity index (χ1v) is 18.4. The van der Waals surface area contributed by atoms with E-state index in [0.717, 1.165) is 0 Å². The molecule has 0 aliphatic carbocycles. The van der Waals surface area contributed by atoms with Crippen LogP contribution in [0.5, 0.6) is 0 Å². The Balaban J connectivity index is 3.12. The Morgan fingerprint density at radius 3 is 0.677 bits per heavy atom. The zero-order chi connectivity index (χ0) is 24.3. The molecule has 2 heterocycles. The van der Waals surface area contributed by atoms with Crippen LogP contribution in [0.25, 0.3) is 0 Å². The van der Waals surface area contributed by atoms with Crippen molar-refractivity contribution in [2.24, 2.45) is 0 Å². The van der Waals surface area contributed by atoms with Gasteiger partial charge in [0.05, 0.1) is 0 Å². The fraction of sp³-hybridized carbons (Fsp3) is 1.00. The summed E-state index contributed by atoms with van der Waals surface area (Å²) in [7, 11) is 0. The molecule has 0 aromatic heterocycles. The van der Waals surface area contributed by atoms with E-state index in [1.54, 1.807) is 0 Å². The first kappa shape index (κ1) is 27.7. The Bertz CT molecular complexity index is 534. The number of hydrogen-bond acceptors (Lipinski definition) is 2. The van der Waals surface area contributed by atoms with Gasteiger partial charge in [0.15, 0.2) is 0 Å². The van der Waals surface area contributed by atoms with Gasteiger partial charge in [-0.3, -0.25) is 0 Å². The third kappa shape index (κ3) is 2.65. The van der Waals surface area contributed by atoms with Gasteiger partial charge in [-0.05, 0) is 0 Å². The van der Waals surface area contributed by atoms with Crippen molar-refractivity contribution in [1.29, 1.82) is 0 Å². The van der Waals surface area contributed by atoms with Crippen LogP contribution in [-0.4, -0.2) is 86.3 Å². The monoisotopic (exact) mass is 614 g/mol. The van der Waals surface area contributed by atoms with Crippen LogP contribution < -0.4 is 0 Å². The summed E-state index contributed by atoms with van der Waals surface area (Å²) < 4.78 is 5.14. The Labute approximate surface area is 200 Å². The Morgan fingerprint density at radius 1 is 0.419 bits per heavy atom. The zero-order valence-electron chi connectivity index (χ0n) is 23.7. The summed E-state index contributed by atoms with van der Waals surface area (Å²) in [5, 5.41) is 6.00. The molecule has 186 valence electrons. The van der Waals surface area contributed by atoms with E-state index in [0.29, 0.717) is 0 Å². The average Bonchev–Trinajstić information content (AvgIpc) is 2.67. The minimum atomic E-state index is -3.26. The van der Waals surface area contributed by atoms with Gasteiger partial charge in [-0.2, -0.15) is 0 Å². The van der Waals surface area contributed by atoms with Crippen LogP contribution in [0.15, 0.2) is 0 Å². The Morgan fingerprint density at radius 2 is 0.581 bits per heavy atom. The molecule has 0 N–H and O–H groups in total. The molecule has 0 unspecified atom stereocenters. The van der Waals surface area contributed by atoms with Crippen LogP contribution in [0.4, 0.5) is 0 Å². The number of quaternary nitrogens is 4. The van der Waals surface area contributed by atoms with Gasteiger partial charge in [0, 0.05) is 0 Å². The van der Waals surface area contributed by atoms with Crippen molar-refractivity contribution >= 4 is 0 Å². The Kier molecular flexibility index (Phi) is 7.40. The second-order valence-electron chi connectivity index (χ2n) is 11.3. The molecule has 2 aliphatic rings. The summed E-state index contributed by atoms with van der Waals surface area (Å²) in [6.45, 7) is 44.7. The second kappa shape index (κ2) is 8.29. The first-order chi connectivity index (χ1) is 14.2.